The summed E-state index contributed by atoms with van der Waals surface area (Å²) in [4.78, 5) is 1.05. The molecular formula is C14H17FN2O2S2. The second-order valence-electron chi connectivity index (χ2n) is 4.63. The fourth-order valence-electron chi connectivity index (χ4n) is 1.95. The molecule has 2 rings (SSSR count). The third-order valence-electron chi connectivity index (χ3n) is 3.13. The third kappa shape index (κ3) is 3.88. The van der Waals surface area contributed by atoms with Crippen molar-refractivity contribution in [3.05, 3.63) is 51.5 Å². The van der Waals surface area contributed by atoms with E-state index in [1.807, 2.05) is 17.5 Å². The number of sulfonamides is 1. The topological polar surface area (TPSA) is 72.2 Å². The number of rotatable bonds is 6. The first-order chi connectivity index (χ1) is 9.94. The fraction of sp³-hybridized carbons (Fsp3) is 0.286. The Kier molecular flexibility index (Phi) is 5.10. The predicted molar refractivity (Wildman–Crippen MR) is 82.2 cm³/mol. The number of benzene rings is 1. The van der Waals surface area contributed by atoms with Crippen LogP contribution in [0.15, 0.2) is 34.5 Å². The molecule has 0 aliphatic heterocycles. The Morgan fingerprint density at radius 2 is 2.14 bits per heavy atom. The summed E-state index contributed by atoms with van der Waals surface area (Å²) in [6.45, 7) is 1.81. The van der Waals surface area contributed by atoms with Gasteiger partial charge in [-0.15, -0.1) is 11.3 Å². The van der Waals surface area contributed by atoms with Crippen LogP contribution in [0.4, 0.5) is 4.39 Å². The Labute approximate surface area is 127 Å². The molecule has 0 bridgehead atoms. The van der Waals surface area contributed by atoms with Crippen LogP contribution in [0.2, 0.25) is 0 Å². The second kappa shape index (κ2) is 6.65. The van der Waals surface area contributed by atoms with Gasteiger partial charge in [-0.3, -0.25) is 0 Å². The SMILES string of the molecule is Cc1c(F)cc(CN)cc1S(=O)(=O)NCCc1cccs1. The molecule has 3 N–H and O–H groups in total. The third-order valence-corrected chi connectivity index (χ3v) is 5.65. The summed E-state index contributed by atoms with van der Waals surface area (Å²) in [5.74, 6) is -0.559. The maximum atomic E-state index is 13.8. The molecular weight excluding hydrogens is 311 g/mol. The van der Waals surface area contributed by atoms with Crippen LogP contribution in [0, 0.1) is 12.7 Å². The zero-order chi connectivity index (χ0) is 15.5. The van der Waals surface area contributed by atoms with Crippen LogP contribution in [-0.4, -0.2) is 15.0 Å². The molecule has 0 atom stereocenters. The molecule has 0 saturated carbocycles. The normalized spacial score (nSPS) is 11.8. The zero-order valence-electron chi connectivity index (χ0n) is 11.6. The molecule has 0 radical (unpaired) electrons. The highest BCUT2D eigenvalue weighted by molar-refractivity contribution is 7.89. The van der Waals surface area contributed by atoms with Crippen LogP contribution < -0.4 is 10.5 Å². The van der Waals surface area contributed by atoms with Crippen LogP contribution in [0.25, 0.3) is 0 Å². The molecule has 2 aromatic rings. The van der Waals surface area contributed by atoms with Crippen molar-refractivity contribution >= 4 is 21.4 Å². The lowest BCUT2D eigenvalue weighted by Gasteiger charge is -2.11. The van der Waals surface area contributed by atoms with Crippen molar-refractivity contribution in [2.24, 2.45) is 5.73 Å². The van der Waals surface area contributed by atoms with Gasteiger partial charge in [0.2, 0.25) is 10.0 Å². The van der Waals surface area contributed by atoms with Crippen molar-refractivity contribution < 1.29 is 12.8 Å². The molecule has 0 spiro atoms. The summed E-state index contributed by atoms with van der Waals surface area (Å²) in [6, 6.07) is 6.55. The number of hydrogen-bond donors (Lipinski definition) is 2. The molecule has 0 unspecified atom stereocenters. The minimum atomic E-state index is -3.74. The van der Waals surface area contributed by atoms with Gasteiger partial charge in [-0.2, -0.15) is 0 Å². The molecule has 1 aromatic carbocycles. The molecule has 0 aliphatic carbocycles. The van der Waals surface area contributed by atoms with Gasteiger partial charge in [-0.1, -0.05) is 6.07 Å². The highest BCUT2D eigenvalue weighted by Crippen LogP contribution is 2.20. The standard InChI is InChI=1S/C14H17FN2O2S2/c1-10-13(15)7-11(9-16)8-14(10)21(18,19)17-5-4-12-3-2-6-20-12/h2-3,6-8,17H,4-5,9,16H2,1H3. The van der Waals surface area contributed by atoms with E-state index >= 15 is 0 Å². The molecule has 7 heteroatoms. The number of nitrogens with one attached hydrogen (secondary N) is 1. The van der Waals surface area contributed by atoms with Gasteiger partial charge in [0.25, 0.3) is 0 Å². The van der Waals surface area contributed by atoms with Crippen molar-refractivity contribution in [1.29, 1.82) is 0 Å². The van der Waals surface area contributed by atoms with E-state index in [0.717, 1.165) is 4.88 Å². The van der Waals surface area contributed by atoms with E-state index < -0.39 is 15.8 Å². The first kappa shape index (κ1) is 16.1. The highest BCUT2D eigenvalue weighted by Gasteiger charge is 2.19. The van der Waals surface area contributed by atoms with Gasteiger partial charge < -0.3 is 5.73 Å². The number of thiophene rings is 1. The Balaban J connectivity index is 2.17. The van der Waals surface area contributed by atoms with Crippen molar-refractivity contribution in [3.8, 4) is 0 Å². The van der Waals surface area contributed by atoms with Gasteiger partial charge in [0.1, 0.15) is 5.82 Å². The Bertz CT molecular complexity index is 713. The molecule has 1 aromatic heterocycles. The monoisotopic (exact) mass is 328 g/mol. The number of hydrogen-bond acceptors (Lipinski definition) is 4. The molecule has 1 heterocycles. The van der Waals surface area contributed by atoms with Crippen molar-refractivity contribution in [1.82, 2.24) is 4.72 Å². The van der Waals surface area contributed by atoms with Crippen LogP contribution in [0.1, 0.15) is 16.0 Å². The van der Waals surface area contributed by atoms with Crippen LogP contribution in [0.5, 0.6) is 0 Å². The summed E-state index contributed by atoms with van der Waals surface area (Å²) in [6.07, 6.45) is 0.606. The Morgan fingerprint density at radius 3 is 2.76 bits per heavy atom. The average molecular weight is 328 g/mol. The molecule has 0 amide bonds. The lowest BCUT2D eigenvalue weighted by Crippen LogP contribution is -2.27. The van der Waals surface area contributed by atoms with E-state index in [9.17, 15) is 12.8 Å². The highest BCUT2D eigenvalue weighted by atomic mass is 32.2. The first-order valence-corrected chi connectivity index (χ1v) is 8.81. The Morgan fingerprint density at radius 1 is 1.38 bits per heavy atom. The van der Waals surface area contributed by atoms with Crippen molar-refractivity contribution in [2.75, 3.05) is 6.54 Å². The number of halogens is 1. The van der Waals surface area contributed by atoms with Crippen molar-refractivity contribution in [2.45, 2.75) is 24.8 Å². The molecule has 0 saturated heterocycles. The van der Waals surface area contributed by atoms with E-state index in [1.165, 1.54) is 19.1 Å². The molecule has 4 nitrogen and oxygen atoms in total. The summed E-state index contributed by atoms with van der Waals surface area (Å²) >= 11 is 1.57. The largest absolute Gasteiger partial charge is 0.326 e. The predicted octanol–water partition coefficient (Wildman–Crippen LogP) is 2.18. The van der Waals surface area contributed by atoms with Gasteiger partial charge in [-0.25, -0.2) is 17.5 Å². The van der Waals surface area contributed by atoms with E-state index in [0.29, 0.717) is 12.0 Å². The molecule has 114 valence electrons. The van der Waals surface area contributed by atoms with Crippen LogP contribution in [-0.2, 0) is 23.0 Å². The number of nitrogens with two attached hydrogens (primary N) is 1. The zero-order valence-corrected chi connectivity index (χ0v) is 13.2. The summed E-state index contributed by atoms with van der Waals surface area (Å²) in [5.41, 5.74) is 6.03. The molecule has 21 heavy (non-hydrogen) atoms. The summed E-state index contributed by atoms with van der Waals surface area (Å²) in [5, 5.41) is 1.94. The van der Waals surface area contributed by atoms with Gasteiger partial charge in [0, 0.05) is 23.5 Å². The van der Waals surface area contributed by atoms with E-state index in [1.54, 1.807) is 11.3 Å². The van der Waals surface area contributed by atoms with Gasteiger partial charge in [0.05, 0.1) is 4.90 Å². The van der Waals surface area contributed by atoms with Crippen molar-refractivity contribution in [3.63, 3.8) is 0 Å². The van der Waals surface area contributed by atoms with Gasteiger partial charge in [0.15, 0.2) is 0 Å². The quantitative estimate of drug-likeness (QED) is 0.854. The van der Waals surface area contributed by atoms with E-state index in [4.69, 9.17) is 5.73 Å². The lowest BCUT2D eigenvalue weighted by atomic mass is 10.1. The fourth-order valence-corrected chi connectivity index (χ4v) is 3.99. The minimum Gasteiger partial charge on any atom is -0.326 e. The second-order valence-corrected chi connectivity index (χ2v) is 7.40. The van der Waals surface area contributed by atoms with E-state index in [-0.39, 0.29) is 23.5 Å². The average Bonchev–Trinajstić information content (AvgIpc) is 2.94. The molecule has 0 aliphatic rings. The van der Waals surface area contributed by atoms with Gasteiger partial charge in [-0.05, 0) is 42.5 Å². The maximum absolute atomic E-state index is 13.8. The van der Waals surface area contributed by atoms with Gasteiger partial charge >= 0.3 is 0 Å². The minimum absolute atomic E-state index is 0.0471. The summed E-state index contributed by atoms with van der Waals surface area (Å²) in [7, 11) is -3.74. The lowest BCUT2D eigenvalue weighted by molar-refractivity contribution is 0.574. The first-order valence-electron chi connectivity index (χ1n) is 6.45. The van der Waals surface area contributed by atoms with Crippen LogP contribution >= 0.6 is 11.3 Å². The Hall–Kier alpha value is -1.28. The maximum Gasteiger partial charge on any atom is 0.240 e. The van der Waals surface area contributed by atoms with E-state index in [2.05, 4.69) is 4.72 Å². The van der Waals surface area contributed by atoms with Crippen LogP contribution in [0.3, 0.4) is 0 Å². The smallest absolute Gasteiger partial charge is 0.240 e. The molecule has 0 fully saturated rings. The summed E-state index contributed by atoms with van der Waals surface area (Å²) < 4.78 is 40.8.